The van der Waals surface area contributed by atoms with Gasteiger partial charge in [-0.15, -0.1) is 11.8 Å². The molecule has 3 aromatic rings. The van der Waals surface area contributed by atoms with Crippen molar-refractivity contribution < 1.29 is 19.4 Å². The van der Waals surface area contributed by atoms with Crippen LogP contribution in [0.1, 0.15) is 46.1 Å². The van der Waals surface area contributed by atoms with Crippen LogP contribution in [-0.4, -0.2) is 52.3 Å². The smallest absolute Gasteiger partial charge is 0.278 e. The Balaban J connectivity index is 1.38. The topological polar surface area (TPSA) is 84.2 Å². The quantitative estimate of drug-likeness (QED) is 0.575. The van der Waals surface area contributed by atoms with Crippen molar-refractivity contribution in [1.82, 2.24) is 9.58 Å². The maximum atomic E-state index is 13.7. The summed E-state index contributed by atoms with van der Waals surface area (Å²) in [7, 11) is 0. The van der Waals surface area contributed by atoms with Crippen LogP contribution in [0.3, 0.4) is 0 Å². The number of pyridine rings is 1. The number of hydrogen-bond acceptors (Lipinski definition) is 7. The largest absolute Gasteiger partial charge is 0.502 e. The Morgan fingerprint density at radius 1 is 0.944 bits per heavy atom. The Morgan fingerprint density at radius 2 is 1.67 bits per heavy atom. The van der Waals surface area contributed by atoms with Crippen molar-refractivity contribution in [3.8, 4) is 5.75 Å². The summed E-state index contributed by atoms with van der Waals surface area (Å²) in [4.78, 5) is 29.1. The van der Waals surface area contributed by atoms with Crippen LogP contribution in [0.4, 0.5) is 0 Å². The van der Waals surface area contributed by atoms with Crippen LogP contribution in [0.5, 0.6) is 5.75 Å². The molecule has 184 valence electrons. The molecule has 2 fully saturated rings. The molecule has 7 rings (SSSR count). The number of nitrogens with zero attached hydrogens (tertiary/aromatic N) is 3. The molecule has 3 aliphatic heterocycles. The molecule has 8 nitrogen and oxygen atoms in total. The summed E-state index contributed by atoms with van der Waals surface area (Å²) in [5.74, 6) is -0.667. The molecule has 1 N–H and O–H groups in total. The molecule has 36 heavy (non-hydrogen) atoms. The van der Waals surface area contributed by atoms with Gasteiger partial charge in [-0.05, 0) is 22.8 Å². The minimum Gasteiger partial charge on any atom is -0.502 e. The van der Waals surface area contributed by atoms with Crippen LogP contribution in [0, 0.1) is 0 Å². The second-order valence-electron chi connectivity index (χ2n) is 9.68. The van der Waals surface area contributed by atoms with Gasteiger partial charge in [0, 0.05) is 41.8 Å². The van der Waals surface area contributed by atoms with Crippen molar-refractivity contribution in [2.45, 2.75) is 41.4 Å². The molecule has 9 heteroatoms. The zero-order valence-corrected chi connectivity index (χ0v) is 20.3. The third kappa shape index (κ3) is 3.23. The number of amides is 1. The molecule has 1 amide bonds. The Hall–Kier alpha value is -3.27. The van der Waals surface area contributed by atoms with E-state index in [0.717, 1.165) is 16.9 Å². The lowest BCUT2D eigenvalue weighted by Crippen LogP contribution is -2.64. The Bertz CT molecular complexity index is 1380. The minimum absolute atomic E-state index is 0.00480. The van der Waals surface area contributed by atoms with Gasteiger partial charge in [-0.3, -0.25) is 19.3 Å². The highest BCUT2D eigenvalue weighted by atomic mass is 32.2. The lowest BCUT2D eigenvalue weighted by Gasteiger charge is -2.52. The van der Waals surface area contributed by atoms with Gasteiger partial charge in [0.15, 0.2) is 17.2 Å². The van der Waals surface area contributed by atoms with Crippen LogP contribution in [0.25, 0.3) is 0 Å². The van der Waals surface area contributed by atoms with Crippen LogP contribution >= 0.6 is 11.8 Å². The fourth-order valence-electron chi connectivity index (χ4n) is 5.87. The molecule has 1 aromatic heterocycles. The van der Waals surface area contributed by atoms with Gasteiger partial charge in [-0.1, -0.05) is 42.5 Å². The number of carbonyl (C=O) groups is 1. The predicted molar refractivity (Wildman–Crippen MR) is 134 cm³/mol. The first-order valence-corrected chi connectivity index (χ1v) is 13.1. The van der Waals surface area contributed by atoms with Gasteiger partial charge >= 0.3 is 0 Å². The Morgan fingerprint density at radius 3 is 2.47 bits per heavy atom. The first kappa shape index (κ1) is 22.0. The fraction of sp³-hybridized carbons (Fsp3) is 0.333. The van der Waals surface area contributed by atoms with E-state index in [0.29, 0.717) is 32.7 Å². The highest BCUT2D eigenvalue weighted by molar-refractivity contribution is 7.98. The molecule has 1 spiro atoms. The minimum atomic E-state index is -0.621. The van der Waals surface area contributed by atoms with E-state index in [1.807, 2.05) is 24.3 Å². The summed E-state index contributed by atoms with van der Waals surface area (Å²) >= 11 is 1.79. The highest BCUT2D eigenvalue weighted by Gasteiger charge is 2.54. The summed E-state index contributed by atoms with van der Waals surface area (Å²) in [5.41, 5.74) is 2.91. The maximum Gasteiger partial charge on any atom is 0.278 e. The zero-order valence-electron chi connectivity index (χ0n) is 19.5. The number of fused-ring (bicyclic) bond motifs is 3. The molecule has 2 aromatic carbocycles. The average Bonchev–Trinajstić information content (AvgIpc) is 3.31. The predicted octanol–water partition coefficient (Wildman–Crippen LogP) is 3.21. The summed E-state index contributed by atoms with van der Waals surface area (Å²) in [6, 6.07) is 17.6. The molecular formula is C27H25N3O5S. The van der Waals surface area contributed by atoms with Crippen molar-refractivity contribution in [1.29, 1.82) is 0 Å². The second kappa shape index (κ2) is 8.12. The zero-order chi connectivity index (χ0) is 24.4. The molecule has 1 saturated carbocycles. The number of hydrogen-bond donors (Lipinski definition) is 1. The van der Waals surface area contributed by atoms with Crippen LogP contribution < -0.4 is 10.4 Å². The van der Waals surface area contributed by atoms with E-state index in [9.17, 15) is 14.7 Å². The Kier molecular flexibility index (Phi) is 4.96. The average molecular weight is 504 g/mol. The van der Waals surface area contributed by atoms with Gasteiger partial charge in [-0.2, -0.15) is 0 Å². The lowest BCUT2D eigenvalue weighted by atomic mass is 9.83. The first-order valence-electron chi connectivity index (χ1n) is 12.1. The van der Waals surface area contributed by atoms with E-state index < -0.39 is 17.0 Å². The molecule has 1 aliphatic carbocycles. The Labute approximate surface area is 212 Å². The summed E-state index contributed by atoms with van der Waals surface area (Å²) in [5, 5.41) is 12.9. The number of rotatable bonds is 2. The van der Waals surface area contributed by atoms with E-state index in [-0.39, 0.29) is 23.7 Å². The summed E-state index contributed by atoms with van der Waals surface area (Å²) in [6.07, 6.45) is 2.73. The van der Waals surface area contributed by atoms with Gasteiger partial charge in [0.05, 0.1) is 19.3 Å². The van der Waals surface area contributed by atoms with Crippen molar-refractivity contribution in [3.05, 3.63) is 93.4 Å². The molecule has 1 atom stereocenters. The molecule has 0 bridgehead atoms. The van der Waals surface area contributed by atoms with Crippen molar-refractivity contribution in [3.63, 3.8) is 0 Å². The monoisotopic (exact) mass is 503 g/mol. The number of benzene rings is 2. The van der Waals surface area contributed by atoms with E-state index in [4.69, 9.17) is 9.47 Å². The van der Waals surface area contributed by atoms with E-state index in [1.165, 1.54) is 16.5 Å². The SMILES string of the molecule is O=C1c2c(O)c(=O)ccn2N([C@H]2c3ccccc3CSc3ccccc32)CN1C1CC2(C1)OCCO2. The van der Waals surface area contributed by atoms with E-state index in [1.54, 1.807) is 27.5 Å². The molecule has 0 unspecified atom stereocenters. The second-order valence-corrected chi connectivity index (χ2v) is 10.7. The molecule has 4 heterocycles. The highest BCUT2D eigenvalue weighted by Crippen LogP contribution is 2.46. The summed E-state index contributed by atoms with van der Waals surface area (Å²) in [6.45, 7) is 1.41. The van der Waals surface area contributed by atoms with E-state index in [2.05, 4.69) is 29.3 Å². The molecule has 1 saturated heterocycles. The fourth-order valence-corrected chi connectivity index (χ4v) is 6.96. The third-order valence-corrected chi connectivity index (χ3v) is 8.82. The van der Waals surface area contributed by atoms with Gasteiger partial charge in [0.25, 0.3) is 5.91 Å². The van der Waals surface area contributed by atoms with Crippen LogP contribution in [-0.2, 0) is 15.2 Å². The normalized spacial score (nSPS) is 22.6. The standard InChI is InChI=1S/C27H25N3O5S/c31-21-9-10-29-24(25(21)32)26(33)28(18-13-27(14-18)34-11-12-35-27)16-30(29)23-19-6-2-1-5-17(19)15-36-22-8-4-3-7-20(22)23/h1-10,18,23,32H,11-16H2/t23-/m0/s1. The van der Waals surface area contributed by atoms with Crippen LogP contribution in [0.15, 0.2) is 70.5 Å². The molecule has 0 radical (unpaired) electrons. The number of aromatic hydroxyl groups is 1. The number of aromatic nitrogens is 1. The van der Waals surface area contributed by atoms with Gasteiger partial charge < -0.3 is 19.5 Å². The lowest BCUT2D eigenvalue weighted by molar-refractivity contribution is -0.230. The number of thioether (sulfide) groups is 1. The first-order chi connectivity index (χ1) is 17.5. The van der Waals surface area contributed by atoms with Gasteiger partial charge in [0.2, 0.25) is 5.43 Å². The third-order valence-electron chi connectivity index (χ3n) is 7.68. The van der Waals surface area contributed by atoms with Gasteiger partial charge in [0.1, 0.15) is 6.67 Å². The molecular weight excluding hydrogens is 478 g/mol. The number of ether oxygens (including phenoxy) is 2. The van der Waals surface area contributed by atoms with Crippen molar-refractivity contribution in [2.24, 2.45) is 0 Å². The van der Waals surface area contributed by atoms with Crippen molar-refractivity contribution >= 4 is 17.7 Å². The van der Waals surface area contributed by atoms with Crippen LogP contribution in [0.2, 0.25) is 0 Å². The number of carbonyl (C=O) groups excluding carboxylic acids is 1. The van der Waals surface area contributed by atoms with Gasteiger partial charge in [-0.25, -0.2) is 0 Å². The van der Waals surface area contributed by atoms with E-state index >= 15 is 0 Å². The summed E-state index contributed by atoms with van der Waals surface area (Å²) < 4.78 is 13.3. The maximum absolute atomic E-state index is 13.7. The molecule has 4 aliphatic rings. The van der Waals surface area contributed by atoms with Crippen molar-refractivity contribution in [2.75, 3.05) is 24.9 Å².